The van der Waals surface area contributed by atoms with Crippen LogP contribution in [0.2, 0.25) is 0 Å². The van der Waals surface area contributed by atoms with Gasteiger partial charge in [0.2, 0.25) is 0 Å². The van der Waals surface area contributed by atoms with Gasteiger partial charge in [0.15, 0.2) is 5.76 Å². The maximum Gasteiger partial charge on any atom is 0.286 e. The Hall–Kier alpha value is -1.60. The number of hydrogen-bond acceptors (Lipinski definition) is 4. The number of nitrogens with one attached hydrogen (secondary N) is 1. The summed E-state index contributed by atoms with van der Waals surface area (Å²) in [6.07, 6.45) is 0.931. The number of halogens is 1. The van der Waals surface area contributed by atoms with Gasteiger partial charge >= 0.3 is 0 Å². The van der Waals surface area contributed by atoms with E-state index in [2.05, 4.69) is 45.1 Å². The summed E-state index contributed by atoms with van der Waals surface area (Å²) in [5, 5.41) is 7.37. The zero-order valence-electron chi connectivity index (χ0n) is 15.4. The molecule has 0 radical (unpaired) electrons. The second-order valence-electron chi connectivity index (χ2n) is 6.04. The molecular weight excluding hydrogens is 384 g/mol. The lowest BCUT2D eigenvalue weighted by Crippen LogP contribution is -2.29. The smallest absolute Gasteiger partial charge is 0.286 e. The van der Waals surface area contributed by atoms with E-state index in [4.69, 9.17) is 4.42 Å². The largest absolute Gasteiger partial charge is 0.454 e. The lowest BCUT2D eigenvalue weighted by Gasteiger charge is -2.17. The van der Waals surface area contributed by atoms with Crippen molar-refractivity contribution in [3.8, 4) is 0 Å². The highest BCUT2D eigenvalue weighted by Gasteiger charge is 2.14. The number of aromatic nitrogens is 2. The minimum absolute atomic E-state index is 0.166. The average Bonchev–Trinajstić information content (AvgIpc) is 3.16. The summed E-state index contributed by atoms with van der Waals surface area (Å²) in [4.78, 5) is 14.5. The van der Waals surface area contributed by atoms with Crippen LogP contribution in [0.4, 0.5) is 0 Å². The van der Waals surface area contributed by atoms with Gasteiger partial charge in [-0.1, -0.05) is 13.8 Å². The summed E-state index contributed by atoms with van der Waals surface area (Å²) in [6.45, 7) is 12.5. The molecule has 2 aromatic heterocycles. The predicted octanol–water partition coefficient (Wildman–Crippen LogP) is 3.37. The van der Waals surface area contributed by atoms with Gasteiger partial charge in [0.25, 0.3) is 5.91 Å². The molecule has 0 saturated carbocycles. The number of rotatable bonds is 9. The number of aryl methyl sites for hydroxylation is 1. The highest BCUT2D eigenvalue weighted by atomic mass is 79.9. The molecule has 2 heterocycles. The van der Waals surface area contributed by atoms with Crippen molar-refractivity contribution in [1.29, 1.82) is 0 Å². The Morgan fingerprint density at radius 1 is 1.32 bits per heavy atom. The zero-order chi connectivity index (χ0) is 18.4. The number of carbonyl (C=O) groups is 1. The number of hydrogen-bond donors (Lipinski definition) is 1. The third kappa shape index (κ3) is 5.19. The summed E-state index contributed by atoms with van der Waals surface area (Å²) >= 11 is 3.52. The van der Waals surface area contributed by atoms with Crippen molar-refractivity contribution in [2.24, 2.45) is 0 Å². The fraction of sp³-hybridized carbons (Fsp3) is 0.556. The maximum atomic E-state index is 12.2. The van der Waals surface area contributed by atoms with Gasteiger partial charge in [-0.15, -0.1) is 0 Å². The Balaban J connectivity index is 1.85. The molecule has 1 N–H and O–H groups in total. The molecule has 0 unspecified atom stereocenters. The van der Waals surface area contributed by atoms with Crippen LogP contribution < -0.4 is 5.32 Å². The SMILES string of the molecule is CCN(CC)CCCNC(=O)c1ccc(Cn2nc(C)c(Br)c2C)o1. The molecule has 1 amide bonds. The van der Waals surface area contributed by atoms with Gasteiger partial charge in [0, 0.05) is 6.54 Å². The lowest BCUT2D eigenvalue weighted by molar-refractivity contribution is 0.0922. The van der Waals surface area contributed by atoms with Crippen LogP contribution in [0.5, 0.6) is 0 Å². The molecule has 6 nitrogen and oxygen atoms in total. The first-order valence-corrected chi connectivity index (χ1v) is 9.54. The first kappa shape index (κ1) is 19.7. The molecule has 2 rings (SSSR count). The zero-order valence-corrected chi connectivity index (χ0v) is 17.0. The van der Waals surface area contributed by atoms with E-state index in [1.807, 2.05) is 24.6 Å². The van der Waals surface area contributed by atoms with E-state index in [1.165, 1.54) is 0 Å². The van der Waals surface area contributed by atoms with E-state index >= 15 is 0 Å². The van der Waals surface area contributed by atoms with Gasteiger partial charge in [-0.25, -0.2) is 0 Å². The first-order chi connectivity index (χ1) is 12.0. The fourth-order valence-corrected chi connectivity index (χ4v) is 2.98. The molecule has 0 saturated heterocycles. The Morgan fingerprint density at radius 3 is 2.64 bits per heavy atom. The number of nitrogens with zero attached hydrogens (tertiary/aromatic N) is 3. The van der Waals surface area contributed by atoms with Crippen LogP contribution in [-0.4, -0.2) is 46.8 Å². The molecule has 7 heteroatoms. The summed E-state index contributed by atoms with van der Waals surface area (Å²) < 4.78 is 8.55. The average molecular weight is 411 g/mol. The number of furan rings is 1. The molecule has 25 heavy (non-hydrogen) atoms. The molecule has 0 atom stereocenters. The predicted molar refractivity (Wildman–Crippen MR) is 102 cm³/mol. The van der Waals surface area contributed by atoms with Gasteiger partial charge in [0.1, 0.15) is 5.76 Å². The monoisotopic (exact) mass is 410 g/mol. The Morgan fingerprint density at radius 2 is 2.04 bits per heavy atom. The van der Waals surface area contributed by atoms with E-state index in [0.717, 1.165) is 41.9 Å². The van der Waals surface area contributed by atoms with Crippen LogP contribution in [0.3, 0.4) is 0 Å². The van der Waals surface area contributed by atoms with E-state index in [-0.39, 0.29) is 5.91 Å². The number of amides is 1. The van der Waals surface area contributed by atoms with Gasteiger partial charge in [-0.3, -0.25) is 9.48 Å². The summed E-state index contributed by atoms with van der Waals surface area (Å²) in [6, 6.07) is 3.55. The van der Waals surface area contributed by atoms with Crippen LogP contribution in [0, 0.1) is 13.8 Å². The molecule has 0 spiro atoms. The van der Waals surface area contributed by atoms with E-state index in [1.54, 1.807) is 6.07 Å². The molecule has 0 aliphatic heterocycles. The van der Waals surface area contributed by atoms with Crippen LogP contribution in [0.15, 0.2) is 21.0 Å². The lowest BCUT2D eigenvalue weighted by atomic mass is 10.3. The van der Waals surface area contributed by atoms with Crippen molar-refractivity contribution in [2.45, 2.75) is 40.7 Å². The van der Waals surface area contributed by atoms with E-state index in [0.29, 0.717) is 24.6 Å². The molecular formula is C18H27BrN4O2. The molecule has 0 aliphatic rings. The van der Waals surface area contributed by atoms with Gasteiger partial charge in [-0.2, -0.15) is 5.10 Å². The van der Waals surface area contributed by atoms with Crippen LogP contribution >= 0.6 is 15.9 Å². The van der Waals surface area contributed by atoms with Crippen molar-refractivity contribution in [2.75, 3.05) is 26.2 Å². The Labute approximate surface area is 157 Å². The molecule has 0 fully saturated rings. The van der Waals surface area contributed by atoms with Crippen molar-refractivity contribution in [3.63, 3.8) is 0 Å². The quantitative estimate of drug-likeness (QED) is 0.643. The maximum absolute atomic E-state index is 12.2. The van der Waals surface area contributed by atoms with Gasteiger partial charge in [-0.05, 0) is 68.0 Å². The fourth-order valence-electron chi connectivity index (χ4n) is 2.69. The summed E-state index contributed by atoms with van der Waals surface area (Å²) in [5.74, 6) is 0.894. The molecule has 0 bridgehead atoms. The first-order valence-electron chi connectivity index (χ1n) is 8.75. The van der Waals surface area contributed by atoms with Crippen LogP contribution in [0.25, 0.3) is 0 Å². The van der Waals surface area contributed by atoms with Crippen molar-refractivity contribution < 1.29 is 9.21 Å². The minimum atomic E-state index is -0.166. The second kappa shape index (κ2) is 9.20. The minimum Gasteiger partial charge on any atom is -0.454 e. The molecule has 138 valence electrons. The highest BCUT2D eigenvalue weighted by Crippen LogP contribution is 2.21. The molecule has 0 aromatic carbocycles. The van der Waals surface area contributed by atoms with E-state index < -0.39 is 0 Å². The van der Waals surface area contributed by atoms with Crippen LogP contribution in [-0.2, 0) is 6.54 Å². The van der Waals surface area contributed by atoms with Crippen molar-refractivity contribution in [1.82, 2.24) is 20.0 Å². The van der Waals surface area contributed by atoms with Crippen molar-refractivity contribution >= 4 is 21.8 Å². The molecule has 2 aromatic rings. The standard InChI is InChI=1S/C18H27BrN4O2/c1-5-22(6-2)11-7-10-20-18(24)16-9-8-15(25-16)12-23-14(4)17(19)13(3)21-23/h8-9H,5-7,10-12H2,1-4H3,(H,20,24). The number of carbonyl (C=O) groups excluding carboxylic acids is 1. The highest BCUT2D eigenvalue weighted by molar-refractivity contribution is 9.10. The topological polar surface area (TPSA) is 63.3 Å². The van der Waals surface area contributed by atoms with Crippen LogP contribution in [0.1, 0.15) is 48.0 Å². The Kier molecular flexibility index (Phi) is 7.25. The van der Waals surface area contributed by atoms with E-state index in [9.17, 15) is 4.79 Å². The van der Waals surface area contributed by atoms with Gasteiger partial charge < -0.3 is 14.6 Å². The second-order valence-corrected chi connectivity index (χ2v) is 6.84. The van der Waals surface area contributed by atoms with Gasteiger partial charge in [0.05, 0.1) is 22.4 Å². The summed E-state index contributed by atoms with van der Waals surface area (Å²) in [5.41, 5.74) is 1.98. The van der Waals surface area contributed by atoms with Crippen molar-refractivity contribution in [3.05, 3.63) is 39.5 Å². The normalized spacial score (nSPS) is 11.3. The Bertz CT molecular complexity index is 704. The molecule has 0 aliphatic carbocycles. The summed E-state index contributed by atoms with van der Waals surface area (Å²) in [7, 11) is 0. The third-order valence-electron chi connectivity index (χ3n) is 4.32. The third-order valence-corrected chi connectivity index (χ3v) is 5.46.